The van der Waals surface area contributed by atoms with Crippen LogP contribution in [0.1, 0.15) is 56.0 Å². The van der Waals surface area contributed by atoms with Crippen LogP contribution in [0.5, 0.6) is 0 Å². The Morgan fingerprint density at radius 2 is 2.00 bits per heavy atom. The van der Waals surface area contributed by atoms with Gasteiger partial charge < -0.3 is 5.11 Å². The Morgan fingerprint density at radius 3 is 2.82 bits per heavy atom. The zero-order valence-corrected chi connectivity index (χ0v) is 10.5. The van der Waals surface area contributed by atoms with Gasteiger partial charge >= 0.3 is 0 Å². The molecule has 0 aliphatic heterocycles. The van der Waals surface area contributed by atoms with E-state index in [-0.39, 0.29) is 0 Å². The van der Waals surface area contributed by atoms with E-state index in [1.54, 1.807) is 0 Å². The Balaban J connectivity index is 2.14. The number of aromatic nitrogens is 1. The first-order valence-electron chi connectivity index (χ1n) is 6.58. The molecular formula is C15H21NO. The summed E-state index contributed by atoms with van der Waals surface area (Å²) in [7, 11) is 0. The van der Waals surface area contributed by atoms with E-state index in [1.807, 2.05) is 25.1 Å². The monoisotopic (exact) mass is 231 g/mol. The van der Waals surface area contributed by atoms with Gasteiger partial charge in [-0.3, -0.25) is 4.98 Å². The highest BCUT2D eigenvalue weighted by atomic mass is 16.3. The predicted octanol–water partition coefficient (Wildman–Crippen LogP) is 3.70. The number of allylic oxidation sites excluding steroid dienone is 1. The third kappa shape index (κ3) is 3.40. The summed E-state index contributed by atoms with van der Waals surface area (Å²) in [5, 5.41) is 10.4. The zero-order chi connectivity index (χ0) is 12.1. The fourth-order valence-electron chi connectivity index (χ4n) is 2.37. The molecule has 92 valence electrons. The minimum Gasteiger partial charge on any atom is -0.382 e. The largest absolute Gasteiger partial charge is 0.382 e. The molecule has 1 aliphatic carbocycles. The molecule has 0 spiro atoms. The fraction of sp³-hybridized carbons (Fsp3) is 0.533. The van der Waals surface area contributed by atoms with Gasteiger partial charge in [-0.1, -0.05) is 25.0 Å². The zero-order valence-electron chi connectivity index (χ0n) is 10.5. The number of hydrogen-bond acceptors (Lipinski definition) is 2. The van der Waals surface area contributed by atoms with Crippen LogP contribution in [0.25, 0.3) is 0 Å². The summed E-state index contributed by atoms with van der Waals surface area (Å²) >= 11 is 0. The van der Waals surface area contributed by atoms with Crippen molar-refractivity contribution in [1.82, 2.24) is 4.98 Å². The second kappa shape index (κ2) is 5.97. The molecule has 1 aromatic rings. The fourth-order valence-corrected chi connectivity index (χ4v) is 2.37. The van der Waals surface area contributed by atoms with E-state index in [0.717, 1.165) is 29.8 Å². The van der Waals surface area contributed by atoms with Crippen LogP contribution in [-0.4, -0.2) is 10.1 Å². The van der Waals surface area contributed by atoms with Gasteiger partial charge in [0.15, 0.2) is 0 Å². The quantitative estimate of drug-likeness (QED) is 0.787. The molecule has 17 heavy (non-hydrogen) atoms. The maximum absolute atomic E-state index is 10.4. The maximum atomic E-state index is 10.4. The summed E-state index contributed by atoms with van der Waals surface area (Å²) < 4.78 is 0. The Bertz CT molecular complexity index is 398. The van der Waals surface area contributed by atoms with Gasteiger partial charge in [-0.05, 0) is 50.3 Å². The molecule has 2 heteroatoms. The van der Waals surface area contributed by atoms with Crippen molar-refractivity contribution in [2.45, 2.75) is 51.6 Å². The van der Waals surface area contributed by atoms with E-state index < -0.39 is 6.10 Å². The van der Waals surface area contributed by atoms with Gasteiger partial charge in [0.05, 0.1) is 5.69 Å². The predicted molar refractivity (Wildman–Crippen MR) is 69.7 cm³/mol. The molecular weight excluding hydrogens is 210 g/mol. The Morgan fingerprint density at radius 1 is 1.18 bits per heavy atom. The van der Waals surface area contributed by atoms with E-state index >= 15 is 0 Å². The lowest BCUT2D eigenvalue weighted by Crippen LogP contribution is -2.06. The molecule has 1 unspecified atom stereocenters. The van der Waals surface area contributed by atoms with Gasteiger partial charge in [-0.15, -0.1) is 0 Å². The number of pyridine rings is 1. The molecule has 1 atom stereocenters. The number of hydrogen-bond donors (Lipinski definition) is 1. The molecule has 1 aliphatic rings. The maximum Gasteiger partial charge on any atom is 0.117 e. The molecule has 0 fully saturated rings. The van der Waals surface area contributed by atoms with Gasteiger partial charge in [0.25, 0.3) is 0 Å². The smallest absolute Gasteiger partial charge is 0.117 e. The van der Waals surface area contributed by atoms with Crippen LogP contribution in [0.4, 0.5) is 0 Å². The topological polar surface area (TPSA) is 33.1 Å². The lowest BCUT2D eigenvalue weighted by atomic mass is 9.95. The molecule has 2 nitrogen and oxygen atoms in total. The summed E-state index contributed by atoms with van der Waals surface area (Å²) in [4.78, 5) is 4.41. The van der Waals surface area contributed by atoms with Crippen LogP contribution in [0.3, 0.4) is 0 Å². The minimum absolute atomic E-state index is 0.506. The average molecular weight is 231 g/mol. The van der Waals surface area contributed by atoms with E-state index in [0.29, 0.717) is 0 Å². The molecule has 0 saturated heterocycles. The van der Waals surface area contributed by atoms with Crippen LogP contribution in [0.2, 0.25) is 0 Å². The van der Waals surface area contributed by atoms with Crippen molar-refractivity contribution in [2.24, 2.45) is 0 Å². The average Bonchev–Trinajstić information content (AvgIpc) is 2.28. The minimum atomic E-state index is -0.506. The van der Waals surface area contributed by atoms with Crippen molar-refractivity contribution < 1.29 is 5.11 Å². The van der Waals surface area contributed by atoms with Crippen LogP contribution in [-0.2, 0) is 0 Å². The van der Waals surface area contributed by atoms with Gasteiger partial charge in [-0.2, -0.15) is 0 Å². The van der Waals surface area contributed by atoms with E-state index in [1.165, 1.54) is 25.7 Å². The Labute approximate surface area is 103 Å². The normalized spacial score (nSPS) is 22.1. The van der Waals surface area contributed by atoms with Gasteiger partial charge in [0, 0.05) is 5.69 Å². The third-order valence-corrected chi connectivity index (χ3v) is 3.37. The molecule has 1 aromatic heterocycles. The second-order valence-electron chi connectivity index (χ2n) is 4.84. The second-order valence-corrected chi connectivity index (χ2v) is 4.84. The number of aryl methyl sites for hydroxylation is 1. The van der Waals surface area contributed by atoms with Crippen LogP contribution >= 0.6 is 0 Å². The molecule has 0 radical (unpaired) electrons. The van der Waals surface area contributed by atoms with Crippen LogP contribution in [0.15, 0.2) is 29.8 Å². The van der Waals surface area contributed by atoms with Crippen LogP contribution < -0.4 is 0 Å². The highest BCUT2D eigenvalue weighted by Crippen LogP contribution is 2.27. The van der Waals surface area contributed by atoms with Crippen molar-refractivity contribution in [3.63, 3.8) is 0 Å². The molecule has 2 rings (SSSR count). The summed E-state index contributed by atoms with van der Waals surface area (Å²) in [5.74, 6) is 0. The standard InChI is InChI=1S/C15H21NO/c1-12-8-7-11-14(16-12)15(17)13-9-5-3-2-4-6-10-13/h7-9,11,15,17H,2-6,10H2,1H3/b13-9+. The van der Waals surface area contributed by atoms with Gasteiger partial charge in [-0.25, -0.2) is 0 Å². The van der Waals surface area contributed by atoms with E-state index in [4.69, 9.17) is 0 Å². The molecule has 1 heterocycles. The van der Waals surface area contributed by atoms with Crippen molar-refractivity contribution in [2.75, 3.05) is 0 Å². The van der Waals surface area contributed by atoms with Gasteiger partial charge in [0.1, 0.15) is 6.10 Å². The first-order chi connectivity index (χ1) is 8.27. The molecule has 0 saturated carbocycles. The molecule has 1 N–H and O–H groups in total. The Hall–Kier alpha value is -1.15. The number of rotatable bonds is 2. The first-order valence-corrected chi connectivity index (χ1v) is 6.58. The van der Waals surface area contributed by atoms with Crippen molar-refractivity contribution in [3.05, 3.63) is 41.2 Å². The molecule has 0 aromatic carbocycles. The van der Waals surface area contributed by atoms with E-state index in [9.17, 15) is 5.11 Å². The highest BCUT2D eigenvalue weighted by Gasteiger charge is 2.15. The first kappa shape index (κ1) is 12.3. The highest BCUT2D eigenvalue weighted by molar-refractivity contribution is 5.21. The van der Waals surface area contributed by atoms with Crippen molar-refractivity contribution in [3.8, 4) is 0 Å². The van der Waals surface area contributed by atoms with Crippen molar-refractivity contribution >= 4 is 0 Å². The Kier molecular flexibility index (Phi) is 4.32. The van der Waals surface area contributed by atoms with Crippen LogP contribution in [0, 0.1) is 6.92 Å². The van der Waals surface area contributed by atoms with E-state index in [2.05, 4.69) is 11.1 Å². The number of nitrogens with zero attached hydrogens (tertiary/aromatic N) is 1. The van der Waals surface area contributed by atoms with Crippen molar-refractivity contribution in [1.29, 1.82) is 0 Å². The summed E-state index contributed by atoms with van der Waals surface area (Å²) in [6.45, 7) is 1.96. The molecule has 0 bridgehead atoms. The molecule has 0 amide bonds. The SMILES string of the molecule is Cc1cccc(C(O)/C2=C/CCCCCC2)n1. The summed E-state index contributed by atoms with van der Waals surface area (Å²) in [6.07, 6.45) is 8.86. The lowest BCUT2D eigenvalue weighted by Gasteiger charge is -2.17. The number of aliphatic hydroxyl groups is 1. The summed E-state index contributed by atoms with van der Waals surface area (Å²) in [5.41, 5.74) is 2.91. The lowest BCUT2D eigenvalue weighted by molar-refractivity contribution is 0.204. The number of aliphatic hydroxyl groups excluding tert-OH is 1. The third-order valence-electron chi connectivity index (χ3n) is 3.37. The van der Waals surface area contributed by atoms with Gasteiger partial charge in [0.2, 0.25) is 0 Å². The summed E-state index contributed by atoms with van der Waals surface area (Å²) in [6, 6.07) is 5.84.